The number of rotatable bonds is 4. The van der Waals surface area contributed by atoms with Gasteiger partial charge < -0.3 is 0 Å². The molecule has 2 aromatic carbocycles. The summed E-state index contributed by atoms with van der Waals surface area (Å²) < 4.78 is 40.9. The molecule has 6 heteroatoms. The summed E-state index contributed by atoms with van der Waals surface area (Å²) in [6.07, 6.45) is 1.91. The Hall–Kier alpha value is -1.76. The van der Waals surface area contributed by atoms with Gasteiger partial charge in [0, 0.05) is 19.1 Å². The lowest BCUT2D eigenvalue weighted by atomic mass is 10.1. The van der Waals surface area contributed by atoms with Crippen LogP contribution >= 0.6 is 0 Å². The number of benzene rings is 2. The molecule has 0 radical (unpaired) electrons. The smallest absolute Gasteiger partial charge is 0.219 e. The quantitative estimate of drug-likeness (QED) is 0.841. The van der Waals surface area contributed by atoms with E-state index in [0.29, 0.717) is 12.1 Å². The second-order valence-corrected chi connectivity index (χ2v) is 8.69. The first kappa shape index (κ1) is 16.7. The van der Waals surface area contributed by atoms with Crippen LogP contribution in [0.1, 0.15) is 30.1 Å². The number of halogens is 1. The molecule has 0 spiro atoms. The van der Waals surface area contributed by atoms with Crippen molar-refractivity contribution in [2.24, 2.45) is 0 Å². The van der Waals surface area contributed by atoms with Crippen LogP contribution in [0.25, 0.3) is 0 Å². The molecule has 0 aliphatic carbocycles. The Labute approximate surface area is 147 Å². The zero-order chi connectivity index (χ0) is 17.4. The molecule has 0 saturated carbocycles. The van der Waals surface area contributed by atoms with Crippen LogP contribution in [0.3, 0.4) is 0 Å². The number of sulfonamides is 1. The highest BCUT2D eigenvalue weighted by Gasteiger charge is 2.47. The van der Waals surface area contributed by atoms with Gasteiger partial charge in [0.2, 0.25) is 10.0 Å². The molecule has 2 atom stereocenters. The first-order chi connectivity index (χ1) is 12.0. The van der Waals surface area contributed by atoms with E-state index in [1.54, 1.807) is 16.4 Å². The lowest BCUT2D eigenvalue weighted by molar-refractivity contribution is 0.198. The highest BCUT2D eigenvalue weighted by molar-refractivity contribution is 7.88. The Morgan fingerprint density at radius 3 is 2.48 bits per heavy atom. The van der Waals surface area contributed by atoms with Crippen LogP contribution in [-0.4, -0.2) is 36.8 Å². The molecule has 0 N–H and O–H groups in total. The molecular weight excluding hydrogens is 339 g/mol. The molecule has 0 aromatic heterocycles. The van der Waals surface area contributed by atoms with Gasteiger partial charge in [-0.2, -0.15) is 4.31 Å². The van der Waals surface area contributed by atoms with Crippen molar-refractivity contribution in [2.45, 2.75) is 30.8 Å². The number of hydrogen-bond acceptors (Lipinski definition) is 3. The molecule has 2 aromatic rings. The molecule has 4 nitrogen and oxygen atoms in total. The van der Waals surface area contributed by atoms with Crippen LogP contribution in [0.2, 0.25) is 0 Å². The molecule has 2 aliphatic heterocycles. The maximum absolute atomic E-state index is 13.1. The molecule has 4 rings (SSSR count). The van der Waals surface area contributed by atoms with Gasteiger partial charge in [-0.3, -0.25) is 4.90 Å². The van der Waals surface area contributed by atoms with Crippen molar-refractivity contribution in [1.29, 1.82) is 0 Å². The Morgan fingerprint density at radius 2 is 1.76 bits per heavy atom. The lowest BCUT2D eigenvalue weighted by Crippen LogP contribution is -2.36. The van der Waals surface area contributed by atoms with Gasteiger partial charge in [0.05, 0.1) is 5.75 Å². The summed E-state index contributed by atoms with van der Waals surface area (Å²) in [4.78, 5) is 2.30. The Kier molecular flexibility index (Phi) is 4.35. The second-order valence-electron chi connectivity index (χ2n) is 6.77. The molecule has 0 amide bonds. The van der Waals surface area contributed by atoms with Crippen LogP contribution in [0.4, 0.5) is 4.39 Å². The fourth-order valence-electron chi connectivity index (χ4n) is 3.97. The average Bonchev–Trinajstić information content (AvgIpc) is 3.19. The third-order valence-electron chi connectivity index (χ3n) is 5.12. The summed E-state index contributed by atoms with van der Waals surface area (Å²) in [5.41, 5.74) is 1.62. The van der Waals surface area contributed by atoms with E-state index in [1.807, 2.05) is 30.3 Å². The van der Waals surface area contributed by atoms with Crippen molar-refractivity contribution in [2.75, 3.05) is 13.1 Å². The maximum atomic E-state index is 13.1. The minimum Gasteiger partial charge on any atom is -0.279 e. The molecule has 2 saturated heterocycles. The van der Waals surface area contributed by atoms with E-state index in [0.717, 1.165) is 24.9 Å². The third kappa shape index (κ3) is 3.21. The van der Waals surface area contributed by atoms with E-state index < -0.39 is 10.0 Å². The molecule has 132 valence electrons. The first-order valence-corrected chi connectivity index (χ1v) is 10.2. The predicted octanol–water partition coefficient (Wildman–Crippen LogP) is 3.13. The largest absolute Gasteiger partial charge is 0.279 e. The fraction of sp³-hybridized carbons (Fsp3) is 0.368. The summed E-state index contributed by atoms with van der Waals surface area (Å²) in [6, 6.07) is 15.8. The number of hydrogen-bond donors (Lipinski definition) is 0. The monoisotopic (exact) mass is 360 g/mol. The molecule has 2 heterocycles. The molecule has 2 fully saturated rings. The van der Waals surface area contributed by atoms with Crippen molar-refractivity contribution in [3.8, 4) is 0 Å². The predicted molar refractivity (Wildman–Crippen MR) is 94.6 cm³/mol. The Morgan fingerprint density at radius 1 is 1.04 bits per heavy atom. The van der Waals surface area contributed by atoms with Gasteiger partial charge in [-0.15, -0.1) is 0 Å². The van der Waals surface area contributed by atoms with Gasteiger partial charge in [-0.05, 0) is 36.1 Å². The number of fused-ring (bicyclic) bond motifs is 1. The van der Waals surface area contributed by atoms with E-state index >= 15 is 0 Å². The molecular formula is C19H21FN2O2S. The van der Waals surface area contributed by atoms with Crippen molar-refractivity contribution in [3.63, 3.8) is 0 Å². The van der Waals surface area contributed by atoms with Gasteiger partial charge >= 0.3 is 0 Å². The number of nitrogens with zero attached hydrogens (tertiary/aromatic N) is 2. The first-order valence-electron chi connectivity index (χ1n) is 8.59. The van der Waals surface area contributed by atoms with Crippen molar-refractivity contribution >= 4 is 10.0 Å². The summed E-state index contributed by atoms with van der Waals surface area (Å²) in [5.74, 6) is -0.456. The summed E-state index contributed by atoms with van der Waals surface area (Å²) in [5, 5.41) is 0. The topological polar surface area (TPSA) is 40.6 Å². The van der Waals surface area contributed by atoms with Crippen molar-refractivity contribution in [1.82, 2.24) is 9.21 Å². The fourth-order valence-corrected chi connectivity index (χ4v) is 5.70. The average molecular weight is 360 g/mol. The molecule has 2 aliphatic rings. The molecule has 2 unspecified atom stereocenters. The van der Waals surface area contributed by atoms with Gasteiger partial charge in [-0.25, -0.2) is 12.8 Å². The normalized spacial score (nSPS) is 24.5. The Bertz CT molecular complexity index is 839. The van der Waals surface area contributed by atoms with E-state index in [2.05, 4.69) is 4.90 Å². The van der Waals surface area contributed by atoms with Crippen LogP contribution in [0, 0.1) is 5.82 Å². The van der Waals surface area contributed by atoms with E-state index in [9.17, 15) is 12.8 Å². The highest BCUT2D eigenvalue weighted by atomic mass is 32.2. The van der Waals surface area contributed by atoms with Crippen molar-refractivity contribution in [3.05, 3.63) is 71.5 Å². The molecule has 25 heavy (non-hydrogen) atoms. The maximum Gasteiger partial charge on any atom is 0.219 e. The lowest BCUT2D eigenvalue weighted by Gasteiger charge is -2.29. The van der Waals surface area contributed by atoms with Gasteiger partial charge in [-0.1, -0.05) is 42.5 Å². The Balaban J connectivity index is 1.65. The minimum atomic E-state index is -3.50. The zero-order valence-electron chi connectivity index (χ0n) is 13.9. The van der Waals surface area contributed by atoms with Gasteiger partial charge in [0.15, 0.2) is 0 Å². The van der Waals surface area contributed by atoms with Crippen LogP contribution in [0.15, 0.2) is 54.6 Å². The third-order valence-corrected chi connectivity index (χ3v) is 6.88. The van der Waals surface area contributed by atoms with Gasteiger partial charge in [0.25, 0.3) is 0 Å². The summed E-state index contributed by atoms with van der Waals surface area (Å²) >= 11 is 0. The van der Waals surface area contributed by atoms with E-state index in [1.165, 1.54) is 12.1 Å². The summed E-state index contributed by atoms with van der Waals surface area (Å²) in [6.45, 7) is 1.45. The second kappa shape index (κ2) is 6.52. The van der Waals surface area contributed by atoms with Crippen LogP contribution < -0.4 is 0 Å². The van der Waals surface area contributed by atoms with Gasteiger partial charge in [0.1, 0.15) is 12.0 Å². The standard InChI is InChI=1S/C19H21FN2O2S/c20-17-10-8-15(9-11-17)14-25(23,24)22-13-18-7-4-12-21(18)19(22)16-5-2-1-3-6-16/h1-3,5-6,8-11,18-19H,4,7,12-14H2. The van der Waals surface area contributed by atoms with Crippen molar-refractivity contribution < 1.29 is 12.8 Å². The molecule has 0 bridgehead atoms. The SMILES string of the molecule is O=S(=O)(Cc1ccc(F)cc1)N1CC2CCCN2C1c1ccccc1. The van der Waals surface area contributed by atoms with Crippen LogP contribution in [-0.2, 0) is 15.8 Å². The summed E-state index contributed by atoms with van der Waals surface area (Å²) in [7, 11) is -3.50. The van der Waals surface area contributed by atoms with E-state index in [-0.39, 0.29) is 23.8 Å². The minimum absolute atomic E-state index is 0.100. The van der Waals surface area contributed by atoms with E-state index in [4.69, 9.17) is 0 Å². The van der Waals surface area contributed by atoms with Crippen LogP contribution in [0.5, 0.6) is 0 Å². The highest BCUT2D eigenvalue weighted by Crippen LogP contribution is 2.40. The zero-order valence-corrected chi connectivity index (χ0v) is 14.7.